The number of nitrogens with one attached hydrogen (secondary N) is 1. The topological polar surface area (TPSA) is 69.6 Å². The van der Waals surface area contributed by atoms with Crippen molar-refractivity contribution in [2.75, 3.05) is 6.54 Å². The third-order valence-corrected chi connectivity index (χ3v) is 2.04. The summed E-state index contributed by atoms with van der Waals surface area (Å²) in [7, 11) is 0. The third kappa shape index (κ3) is 6.54. The van der Waals surface area contributed by atoms with Crippen LogP contribution in [0.15, 0.2) is 0 Å². The molecule has 0 aromatic rings. The van der Waals surface area contributed by atoms with E-state index in [4.69, 9.17) is 5.11 Å². The van der Waals surface area contributed by atoms with Crippen LogP contribution in [0, 0.1) is 0 Å². The predicted molar refractivity (Wildman–Crippen MR) is 50.6 cm³/mol. The van der Waals surface area contributed by atoms with Crippen molar-refractivity contribution in [3.05, 3.63) is 0 Å². The molecule has 4 heteroatoms. The Labute approximate surface area is 79.0 Å². The van der Waals surface area contributed by atoms with Crippen molar-refractivity contribution < 1.29 is 15.0 Å². The molecule has 0 saturated carbocycles. The van der Waals surface area contributed by atoms with Crippen molar-refractivity contribution in [1.29, 1.82) is 0 Å². The smallest absolute Gasteiger partial charge is 0.306 e. The minimum Gasteiger partial charge on any atom is -0.481 e. The van der Waals surface area contributed by atoms with Crippen LogP contribution in [0.5, 0.6) is 0 Å². The van der Waals surface area contributed by atoms with Gasteiger partial charge in [0.2, 0.25) is 0 Å². The number of carboxylic acids is 1. The van der Waals surface area contributed by atoms with E-state index in [2.05, 4.69) is 19.2 Å². The fraction of sp³-hybridized carbons (Fsp3) is 0.889. The van der Waals surface area contributed by atoms with E-state index in [9.17, 15) is 9.90 Å². The first-order chi connectivity index (χ1) is 6.10. The molecule has 1 atom stereocenters. The minimum atomic E-state index is -0.959. The molecule has 0 aliphatic carbocycles. The lowest BCUT2D eigenvalue weighted by Crippen LogP contribution is -2.35. The van der Waals surface area contributed by atoms with E-state index in [1.807, 2.05) is 0 Å². The number of aliphatic hydroxyl groups excluding tert-OH is 1. The van der Waals surface area contributed by atoms with Crippen molar-refractivity contribution in [2.45, 2.75) is 45.3 Å². The summed E-state index contributed by atoms with van der Waals surface area (Å²) in [6.45, 7) is 4.48. The second-order valence-corrected chi connectivity index (χ2v) is 3.17. The molecular weight excluding hydrogens is 170 g/mol. The largest absolute Gasteiger partial charge is 0.481 e. The first-order valence-corrected chi connectivity index (χ1v) is 4.73. The summed E-state index contributed by atoms with van der Waals surface area (Å²) in [6.07, 6.45) is 1.03. The normalized spacial score (nSPS) is 13.2. The maximum Gasteiger partial charge on any atom is 0.306 e. The van der Waals surface area contributed by atoms with Gasteiger partial charge in [-0.3, -0.25) is 4.79 Å². The zero-order valence-electron chi connectivity index (χ0n) is 8.29. The lowest BCUT2D eigenvalue weighted by molar-refractivity contribution is -0.139. The Kier molecular flexibility index (Phi) is 6.54. The monoisotopic (exact) mass is 189 g/mol. The lowest BCUT2D eigenvalue weighted by atomic mass is 10.1. The summed E-state index contributed by atoms with van der Waals surface area (Å²) >= 11 is 0. The molecule has 0 saturated heterocycles. The molecule has 0 fully saturated rings. The maximum absolute atomic E-state index is 10.2. The molecule has 0 aliphatic rings. The van der Waals surface area contributed by atoms with Gasteiger partial charge < -0.3 is 15.5 Å². The summed E-state index contributed by atoms with van der Waals surface area (Å²) in [5.74, 6) is -0.959. The Bertz CT molecular complexity index is 146. The molecule has 0 amide bonds. The van der Waals surface area contributed by atoms with E-state index in [-0.39, 0.29) is 6.42 Å². The molecule has 78 valence electrons. The zero-order chi connectivity index (χ0) is 10.3. The standard InChI is InChI=1S/C9H19NO3/c1-3-7(4-2)10-6-8(11)5-9(12)13/h7-8,10-11H,3-6H2,1-2H3,(H,12,13). The van der Waals surface area contributed by atoms with Gasteiger partial charge in [0.1, 0.15) is 0 Å². The Morgan fingerprint density at radius 2 is 1.92 bits per heavy atom. The first kappa shape index (κ1) is 12.4. The zero-order valence-corrected chi connectivity index (χ0v) is 8.29. The van der Waals surface area contributed by atoms with Crippen LogP contribution < -0.4 is 5.32 Å². The van der Waals surface area contributed by atoms with Gasteiger partial charge in [0.25, 0.3) is 0 Å². The summed E-state index contributed by atoms with van der Waals surface area (Å²) in [5, 5.41) is 20.7. The SMILES string of the molecule is CCC(CC)NCC(O)CC(=O)O. The molecule has 1 unspecified atom stereocenters. The van der Waals surface area contributed by atoms with Crippen molar-refractivity contribution in [3.8, 4) is 0 Å². The highest BCUT2D eigenvalue weighted by Crippen LogP contribution is 1.97. The predicted octanol–water partition coefficient (Wildman–Crippen LogP) is 0.600. The number of carboxylic acid groups (broad SMARTS) is 1. The van der Waals surface area contributed by atoms with E-state index in [0.29, 0.717) is 12.6 Å². The van der Waals surface area contributed by atoms with Crippen LogP contribution in [-0.2, 0) is 4.79 Å². The molecule has 0 rings (SSSR count). The highest BCUT2D eigenvalue weighted by molar-refractivity contribution is 5.67. The Morgan fingerprint density at radius 1 is 1.38 bits per heavy atom. The highest BCUT2D eigenvalue weighted by Gasteiger charge is 2.10. The fourth-order valence-corrected chi connectivity index (χ4v) is 1.15. The number of hydrogen-bond donors (Lipinski definition) is 3. The van der Waals surface area contributed by atoms with Gasteiger partial charge in [0.05, 0.1) is 12.5 Å². The van der Waals surface area contributed by atoms with E-state index >= 15 is 0 Å². The lowest BCUT2D eigenvalue weighted by Gasteiger charge is -2.16. The number of aliphatic carboxylic acids is 1. The van der Waals surface area contributed by atoms with E-state index in [1.165, 1.54) is 0 Å². The van der Waals surface area contributed by atoms with Gasteiger partial charge in [-0.25, -0.2) is 0 Å². The summed E-state index contributed by atoms with van der Waals surface area (Å²) in [5.41, 5.74) is 0. The molecule has 0 bridgehead atoms. The first-order valence-electron chi connectivity index (χ1n) is 4.73. The summed E-state index contributed by atoms with van der Waals surface area (Å²) in [4.78, 5) is 10.2. The minimum absolute atomic E-state index is 0.187. The Morgan fingerprint density at radius 3 is 2.31 bits per heavy atom. The Balaban J connectivity index is 3.55. The van der Waals surface area contributed by atoms with Crippen LogP contribution in [0.2, 0.25) is 0 Å². The van der Waals surface area contributed by atoms with Crippen LogP contribution in [0.1, 0.15) is 33.1 Å². The van der Waals surface area contributed by atoms with E-state index in [1.54, 1.807) is 0 Å². The molecule has 0 spiro atoms. The quantitative estimate of drug-likeness (QED) is 0.548. The van der Waals surface area contributed by atoms with Gasteiger partial charge in [-0.15, -0.1) is 0 Å². The summed E-state index contributed by atoms with van der Waals surface area (Å²) < 4.78 is 0. The van der Waals surface area contributed by atoms with Crippen LogP contribution in [0.3, 0.4) is 0 Å². The Hall–Kier alpha value is -0.610. The maximum atomic E-state index is 10.2. The van der Waals surface area contributed by atoms with Crippen molar-refractivity contribution in [3.63, 3.8) is 0 Å². The molecule has 0 aliphatic heterocycles. The second-order valence-electron chi connectivity index (χ2n) is 3.17. The van der Waals surface area contributed by atoms with Crippen molar-refractivity contribution >= 4 is 5.97 Å². The molecular formula is C9H19NO3. The van der Waals surface area contributed by atoms with Crippen LogP contribution in [0.4, 0.5) is 0 Å². The van der Waals surface area contributed by atoms with E-state index in [0.717, 1.165) is 12.8 Å². The highest BCUT2D eigenvalue weighted by atomic mass is 16.4. The van der Waals surface area contributed by atoms with Crippen LogP contribution >= 0.6 is 0 Å². The molecule has 4 nitrogen and oxygen atoms in total. The number of rotatable bonds is 7. The fourth-order valence-electron chi connectivity index (χ4n) is 1.15. The molecule has 3 N–H and O–H groups in total. The molecule has 0 aromatic heterocycles. The average molecular weight is 189 g/mol. The van der Waals surface area contributed by atoms with Gasteiger partial charge in [0, 0.05) is 12.6 Å². The van der Waals surface area contributed by atoms with Gasteiger partial charge >= 0.3 is 5.97 Å². The number of aliphatic hydroxyl groups is 1. The number of carbonyl (C=O) groups is 1. The van der Waals surface area contributed by atoms with Crippen LogP contribution in [-0.4, -0.2) is 34.9 Å². The van der Waals surface area contributed by atoms with Crippen LogP contribution in [0.25, 0.3) is 0 Å². The third-order valence-electron chi connectivity index (χ3n) is 2.04. The second kappa shape index (κ2) is 6.86. The van der Waals surface area contributed by atoms with Gasteiger partial charge in [-0.05, 0) is 12.8 Å². The van der Waals surface area contributed by atoms with Crippen molar-refractivity contribution in [1.82, 2.24) is 5.32 Å². The molecule has 0 heterocycles. The van der Waals surface area contributed by atoms with Gasteiger partial charge in [0.15, 0.2) is 0 Å². The summed E-state index contributed by atoms with van der Waals surface area (Å²) in [6, 6.07) is 0.378. The van der Waals surface area contributed by atoms with Gasteiger partial charge in [-0.1, -0.05) is 13.8 Å². The molecule has 0 radical (unpaired) electrons. The molecule has 0 aromatic carbocycles. The molecule has 13 heavy (non-hydrogen) atoms. The number of hydrogen-bond acceptors (Lipinski definition) is 3. The van der Waals surface area contributed by atoms with Gasteiger partial charge in [-0.2, -0.15) is 0 Å². The van der Waals surface area contributed by atoms with Crippen molar-refractivity contribution in [2.24, 2.45) is 0 Å². The van der Waals surface area contributed by atoms with E-state index < -0.39 is 12.1 Å². The average Bonchev–Trinajstić information content (AvgIpc) is 2.05.